The Kier molecular flexibility index (Phi) is 3.43. The number of rotatable bonds is 2. The summed E-state index contributed by atoms with van der Waals surface area (Å²) in [5, 5.41) is 10.2. The predicted molar refractivity (Wildman–Crippen MR) is 77.9 cm³/mol. The predicted octanol–water partition coefficient (Wildman–Crippen LogP) is 4.69. The summed E-state index contributed by atoms with van der Waals surface area (Å²) >= 11 is 5.92. The molecule has 0 spiro atoms. The lowest BCUT2D eigenvalue weighted by Gasteiger charge is -2.09. The minimum atomic E-state index is -0.459. The Morgan fingerprint density at radius 2 is 1.95 bits per heavy atom. The molecule has 21 heavy (non-hydrogen) atoms. The first-order chi connectivity index (χ1) is 10.2. The lowest BCUT2D eigenvalue weighted by Crippen LogP contribution is -1.94. The van der Waals surface area contributed by atoms with Crippen molar-refractivity contribution in [2.45, 2.75) is 0 Å². The van der Waals surface area contributed by atoms with Crippen LogP contribution in [0.5, 0.6) is 11.6 Å². The van der Waals surface area contributed by atoms with E-state index in [1.807, 2.05) is 30.3 Å². The summed E-state index contributed by atoms with van der Waals surface area (Å²) in [6.07, 6.45) is 0. The Morgan fingerprint density at radius 3 is 2.71 bits per heavy atom. The van der Waals surface area contributed by atoms with Gasteiger partial charge in [0.05, 0.1) is 10.5 Å². The number of benzene rings is 2. The van der Waals surface area contributed by atoms with Gasteiger partial charge in [0.1, 0.15) is 23.2 Å². The summed E-state index contributed by atoms with van der Waals surface area (Å²) in [5.41, 5.74) is 0.985. The van der Waals surface area contributed by atoms with Crippen molar-refractivity contribution in [2.24, 2.45) is 0 Å². The standard InChI is InChI=1S/C16H8ClFN2O/c17-13-8-12(18)5-6-15(13)21-16-11(9-19)7-10-3-1-2-4-14(10)20-16/h1-8H. The van der Waals surface area contributed by atoms with Gasteiger partial charge in [0.15, 0.2) is 0 Å². The van der Waals surface area contributed by atoms with Crippen LogP contribution in [0.4, 0.5) is 4.39 Å². The summed E-state index contributed by atoms with van der Waals surface area (Å²) in [7, 11) is 0. The van der Waals surface area contributed by atoms with Gasteiger partial charge in [0, 0.05) is 5.39 Å². The highest BCUT2D eigenvalue weighted by molar-refractivity contribution is 6.32. The van der Waals surface area contributed by atoms with Crippen molar-refractivity contribution in [3.63, 3.8) is 0 Å². The van der Waals surface area contributed by atoms with Crippen LogP contribution in [0.2, 0.25) is 5.02 Å². The monoisotopic (exact) mass is 298 g/mol. The molecule has 2 aromatic carbocycles. The van der Waals surface area contributed by atoms with E-state index < -0.39 is 5.82 Å². The van der Waals surface area contributed by atoms with Gasteiger partial charge in [-0.2, -0.15) is 5.26 Å². The zero-order valence-electron chi connectivity index (χ0n) is 10.7. The maximum absolute atomic E-state index is 13.0. The van der Waals surface area contributed by atoms with E-state index in [0.717, 1.165) is 11.5 Å². The van der Waals surface area contributed by atoms with Crippen LogP contribution in [0.3, 0.4) is 0 Å². The number of hydrogen-bond acceptors (Lipinski definition) is 3. The van der Waals surface area contributed by atoms with E-state index in [0.29, 0.717) is 5.52 Å². The van der Waals surface area contributed by atoms with Crippen molar-refractivity contribution in [2.75, 3.05) is 0 Å². The van der Waals surface area contributed by atoms with Gasteiger partial charge in [-0.1, -0.05) is 29.8 Å². The molecule has 0 aliphatic heterocycles. The van der Waals surface area contributed by atoms with Crippen molar-refractivity contribution in [3.8, 4) is 17.7 Å². The van der Waals surface area contributed by atoms with Gasteiger partial charge in [-0.15, -0.1) is 0 Å². The molecule has 0 radical (unpaired) electrons. The highest BCUT2D eigenvalue weighted by Crippen LogP contribution is 2.31. The Bertz CT molecular complexity index is 874. The number of ether oxygens (including phenoxy) is 1. The van der Waals surface area contributed by atoms with Crippen molar-refractivity contribution in [1.82, 2.24) is 4.98 Å². The molecular formula is C16H8ClFN2O. The van der Waals surface area contributed by atoms with Gasteiger partial charge >= 0.3 is 0 Å². The van der Waals surface area contributed by atoms with Crippen molar-refractivity contribution < 1.29 is 9.13 Å². The van der Waals surface area contributed by atoms with Crippen LogP contribution >= 0.6 is 11.6 Å². The van der Waals surface area contributed by atoms with E-state index in [1.54, 1.807) is 6.07 Å². The fourth-order valence-corrected chi connectivity index (χ4v) is 2.12. The van der Waals surface area contributed by atoms with Crippen LogP contribution in [0.25, 0.3) is 10.9 Å². The first kappa shape index (κ1) is 13.3. The molecule has 1 aromatic heterocycles. The molecule has 0 fully saturated rings. The first-order valence-electron chi connectivity index (χ1n) is 6.10. The van der Waals surface area contributed by atoms with Gasteiger partial charge < -0.3 is 4.74 Å². The molecule has 3 nitrogen and oxygen atoms in total. The second-order valence-corrected chi connectivity index (χ2v) is 4.73. The average molecular weight is 299 g/mol. The maximum atomic E-state index is 13.0. The normalized spacial score (nSPS) is 10.3. The summed E-state index contributed by atoms with van der Waals surface area (Å²) < 4.78 is 18.6. The van der Waals surface area contributed by atoms with Gasteiger partial charge in [-0.3, -0.25) is 0 Å². The molecule has 3 rings (SSSR count). The average Bonchev–Trinajstić information content (AvgIpc) is 2.49. The zero-order valence-corrected chi connectivity index (χ0v) is 11.4. The van der Waals surface area contributed by atoms with Crippen LogP contribution in [-0.2, 0) is 0 Å². The number of pyridine rings is 1. The summed E-state index contributed by atoms with van der Waals surface area (Å²) in [6, 6.07) is 14.9. The molecule has 0 unspecified atom stereocenters. The summed E-state index contributed by atoms with van der Waals surface area (Å²) in [4.78, 5) is 4.31. The van der Waals surface area contributed by atoms with Crippen LogP contribution in [0.15, 0.2) is 48.5 Å². The molecule has 3 aromatic rings. The molecule has 0 amide bonds. The highest BCUT2D eigenvalue weighted by Gasteiger charge is 2.11. The van der Waals surface area contributed by atoms with Crippen molar-refractivity contribution in [3.05, 3.63) is 64.9 Å². The molecule has 0 saturated carbocycles. The lowest BCUT2D eigenvalue weighted by molar-refractivity contribution is 0.462. The second kappa shape index (κ2) is 5.39. The van der Waals surface area contributed by atoms with Crippen molar-refractivity contribution in [1.29, 1.82) is 5.26 Å². The molecule has 0 aliphatic carbocycles. The fourth-order valence-electron chi connectivity index (χ4n) is 1.92. The Morgan fingerprint density at radius 1 is 1.14 bits per heavy atom. The fraction of sp³-hybridized carbons (Fsp3) is 0. The quantitative estimate of drug-likeness (QED) is 0.689. The lowest BCUT2D eigenvalue weighted by atomic mass is 10.1. The molecule has 0 atom stereocenters. The van der Waals surface area contributed by atoms with Gasteiger partial charge in [0.25, 0.3) is 0 Å². The van der Waals surface area contributed by atoms with Crippen LogP contribution < -0.4 is 4.74 Å². The molecular weight excluding hydrogens is 291 g/mol. The third-order valence-electron chi connectivity index (χ3n) is 2.91. The zero-order chi connectivity index (χ0) is 14.8. The topological polar surface area (TPSA) is 45.9 Å². The largest absolute Gasteiger partial charge is 0.436 e. The van der Waals surface area contributed by atoms with Gasteiger partial charge in [-0.25, -0.2) is 9.37 Å². The summed E-state index contributed by atoms with van der Waals surface area (Å²) in [6.45, 7) is 0. The Hall–Kier alpha value is -2.64. The second-order valence-electron chi connectivity index (χ2n) is 4.32. The van der Waals surface area contributed by atoms with Crippen LogP contribution in [0.1, 0.15) is 5.56 Å². The molecule has 0 bridgehead atoms. The SMILES string of the molecule is N#Cc1cc2ccccc2nc1Oc1ccc(F)cc1Cl. The van der Waals surface area contributed by atoms with Crippen molar-refractivity contribution >= 4 is 22.5 Å². The molecule has 5 heteroatoms. The third kappa shape index (κ3) is 2.64. The minimum absolute atomic E-state index is 0.119. The molecule has 102 valence electrons. The van der Waals surface area contributed by atoms with Gasteiger partial charge in [-0.05, 0) is 30.3 Å². The highest BCUT2D eigenvalue weighted by atomic mass is 35.5. The Labute approximate surface area is 125 Å². The number of nitrogens with zero attached hydrogens (tertiary/aromatic N) is 2. The number of fused-ring (bicyclic) bond motifs is 1. The van der Waals surface area contributed by atoms with E-state index in [1.165, 1.54) is 12.1 Å². The minimum Gasteiger partial charge on any atom is -0.436 e. The number of hydrogen-bond donors (Lipinski definition) is 0. The molecule has 1 heterocycles. The smallest absolute Gasteiger partial charge is 0.237 e. The van der Waals surface area contributed by atoms with E-state index in [9.17, 15) is 9.65 Å². The van der Waals surface area contributed by atoms with Gasteiger partial charge in [0.2, 0.25) is 5.88 Å². The number of nitriles is 1. The summed E-state index contributed by atoms with van der Waals surface area (Å²) in [5.74, 6) is -0.0682. The molecule has 0 saturated heterocycles. The first-order valence-corrected chi connectivity index (χ1v) is 6.48. The maximum Gasteiger partial charge on any atom is 0.237 e. The van der Waals surface area contributed by atoms with Crippen LogP contribution in [0, 0.1) is 17.1 Å². The number of aromatic nitrogens is 1. The number of para-hydroxylation sites is 1. The molecule has 0 N–H and O–H groups in total. The number of halogens is 2. The third-order valence-corrected chi connectivity index (χ3v) is 3.21. The molecule has 0 aliphatic rings. The van der Waals surface area contributed by atoms with E-state index in [2.05, 4.69) is 4.98 Å². The van der Waals surface area contributed by atoms with E-state index >= 15 is 0 Å². The Balaban J connectivity index is 2.09. The van der Waals surface area contributed by atoms with E-state index in [4.69, 9.17) is 16.3 Å². The van der Waals surface area contributed by atoms with Crippen LogP contribution in [-0.4, -0.2) is 4.98 Å². The van der Waals surface area contributed by atoms with E-state index in [-0.39, 0.29) is 22.2 Å².